The van der Waals surface area contributed by atoms with Gasteiger partial charge in [0.2, 0.25) is 0 Å². The van der Waals surface area contributed by atoms with E-state index in [1.807, 2.05) is 0 Å². The third-order valence-electron chi connectivity index (χ3n) is 3.40. The van der Waals surface area contributed by atoms with Gasteiger partial charge in [-0.25, -0.2) is 0 Å². The topological polar surface area (TPSA) is 29.3 Å². The van der Waals surface area contributed by atoms with Gasteiger partial charge in [0.25, 0.3) is 0 Å². The molecule has 3 heteroatoms. The number of likely N-dealkylation sites (tertiary alicyclic amines) is 1. The zero-order chi connectivity index (χ0) is 9.10. The number of rotatable bonds is 2. The molecule has 2 rings (SSSR count). The summed E-state index contributed by atoms with van der Waals surface area (Å²) in [5.41, 5.74) is 5.68. The van der Waals surface area contributed by atoms with Crippen LogP contribution in [0.5, 0.6) is 0 Å². The van der Waals surface area contributed by atoms with E-state index in [0.717, 1.165) is 18.5 Å². The van der Waals surface area contributed by atoms with Gasteiger partial charge in [-0.3, -0.25) is 4.90 Å². The molecule has 13 heavy (non-hydrogen) atoms. The molecule has 2 aliphatic rings. The van der Waals surface area contributed by atoms with E-state index in [1.54, 1.807) is 0 Å². The Hall–Kier alpha value is 0.270. The van der Waals surface area contributed by atoms with Crippen molar-refractivity contribution in [3.05, 3.63) is 0 Å². The third kappa shape index (κ3) is 2.39. The molecule has 0 saturated carbocycles. The molecular weight excluding hydrogens is 180 g/mol. The lowest BCUT2D eigenvalue weighted by atomic mass is 9.96. The average molecular weight is 200 g/mol. The summed E-state index contributed by atoms with van der Waals surface area (Å²) in [4.78, 5) is 2.69. The van der Waals surface area contributed by atoms with Gasteiger partial charge in [0.05, 0.1) is 0 Å². The maximum Gasteiger partial charge on any atom is 0.0194 e. The summed E-state index contributed by atoms with van der Waals surface area (Å²) < 4.78 is 0. The highest BCUT2D eigenvalue weighted by molar-refractivity contribution is 7.99. The Morgan fingerprint density at radius 1 is 1.23 bits per heavy atom. The predicted molar refractivity (Wildman–Crippen MR) is 59.1 cm³/mol. The Labute approximate surface area is 85.2 Å². The van der Waals surface area contributed by atoms with Crippen LogP contribution in [0, 0.1) is 5.92 Å². The molecule has 2 heterocycles. The first-order chi connectivity index (χ1) is 6.40. The predicted octanol–water partition coefficient (Wildman–Crippen LogP) is 1.16. The molecule has 0 unspecified atom stereocenters. The summed E-state index contributed by atoms with van der Waals surface area (Å²) in [6.45, 7) is 3.49. The second-order valence-corrected chi connectivity index (χ2v) is 5.38. The second kappa shape index (κ2) is 4.67. The Kier molecular flexibility index (Phi) is 3.52. The highest BCUT2D eigenvalue weighted by atomic mass is 32.2. The summed E-state index contributed by atoms with van der Waals surface area (Å²) in [5, 5.41) is 0. The summed E-state index contributed by atoms with van der Waals surface area (Å²) in [6, 6.07) is 0.892. The first-order valence-electron chi connectivity index (χ1n) is 5.42. The minimum Gasteiger partial charge on any atom is -0.330 e. The number of nitrogens with two attached hydrogens (primary N) is 1. The smallest absolute Gasteiger partial charge is 0.0194 e. The van der Waals surface area contributed by atoms with Crippen molar-refractivity contribution in [2.24, 2.45) is 11.7 Å². The molecule has 2 fully saturated rings. The van der Waals surface area contributed by atoms with Crippen molar-refractivity contribution in [3.63, 3.8) is 0 Å². The second-order valence-electron chi connectivity index (χ2n) is 4.23. The molecule has 0 aromatic heterocycles. The molecule has 0 amide bonds. The van der Waals surface area contributed by atoms with Gasteiger partial charge in [-0.2, -0.15) is 11.8 Å². The maximum atomic E-state index is 5.68. The molecule has 2 N–H and O–H groups in total. The van der Waals surface area contributed by atoms with Crippen molar-refractivity contribution in [2.75, 3.05) is 31.1 Å². The first kappa shape index (κ1) is 9.81. The van der Waals surface area contributed by atoms with Crippen LogP contribution in [0.3, 0.4) is 0 Å². The van der Waals surface area contributed by atoms with Crippen LogP contribution in [0.15, 0.2) is 0 Å². The van der Waals surface area contributed by atoms with Crippen LogP contribution in [0.4, 0.5) is 0 Å². The van der Waals surface area contributed by atoms with E-state index in [9.17, 15) is 0 Å². The minimum atomic E-state index is 0.810. The summed E-state index contributed by atoms with van der Waals surface area (Å²) in [6.07, 6.45) is 4.08. The van der Waals surface area contributed by atoms with E-state index in [4.69, 9.17) is 5.73 Å². The van der Waals surface area contributed by atoms with Crippen molar-refractivity contribution in [2.45, 2.75) is 25.3 Å². The van der Waals surface area contributed by atoms with Gasteiger partial charge < -0.3 is 5.73 Å². The summed E-state index contributed by atoms with van der Waals surface area (Å²) in [5.74, 6) is 3.56. The number of nitrogens with zero attached hydrogens (tertiary/aromatic N) is 1. The molecule has 1 atom stereocenters. The fraction of sp³-hybridized carbons (Fsp3) is 1.00. The SMILES string of the molecule is NCC1CCN([C@@H]2CCSC2)CC1. The Bertz CT molecular complexity index is 149. The number of piperidine rings is 1. The maximum absolute atomic E-state index is 5.68. The lowest BCUT2D eigenvalue weighted by Crippen LogP contribution is -2.42. The van der Waals surface area contributed by atoms with Crippen molar-refractivity contribution < 1.29 is 0 Å². The molecule has 2 saturated heterocycles. The van der Waals surface area contributed by atoms with Gasteiger partial charge in [0.15, 0.2) is 0 Å². The molecule has 0 spiro atoms. The first-order valence-corrected chi connectivity index (χ1v) is 6.57. The van der Waals surface area contributed by atoms with Crippen molar-refractivity contribution >= 4 is 11.8 Å². The van der Waals surface area contributed by atoms with E-state index < -0.39 is 0 Å². The average Bonchev–Trinajstić information content (AvgIpc) is 2.71. The lowest BCUT2D eigenvalue weighted by molar-refractivity contribution is 0.146. The number of thioether (sulfide) groups is 1. The normalized spacial score (nSPS) is 32.5. The van der Waals surface area contributed by atoms with E-state index in [1.165, 1.54) is 43.9 Å². The summed E-state index contributed by atoms with van der Waals surface area (Å²) >= 11 is 2.12. The van der Waals surface area contributed by atoms with Crippen molar-refractivity contribution in [1.29, 1.82) is 0 Å². The van der Waals surface area contributed by atoms with Crippen LogP contribution in [-0.2, 0) is 0 Å². The van der Waals surface area contributed by atoms with Gasteiger partial charge in [0, 0.05) is 11.8 Å². The van der Waals surface area contributed by atoms with Crippen LogP contribution < -0.4 is 5.73 Å². The molecule has 0 aromatic rings. The van der Waals surface area contributed by atoms with Crippen LogP contribution in [-0.4, -0.2) is 42.1 Å². The third-order valence-corrected chi connectivity index (χ3v) is 4.55. The molecule has 0 aromatic carbocycles. The fourth-order valence-electron chi connectivity index (χ4n) is 2.36. The lowest BCUT2D eigenvalue weighted by Gasteiger charge is -2.35. The molecule has 0 aliphatic carbocycles. The van der Waals surface area contributed by atoms with Crippen molar-refractivity contribution in [3.8, 4) is 0 Å². The van der Waals surface area contributed by atoms with Gasteiger partial charge in [-0.05, 0) is 50.6 Å². The monoisotopic (exact) mass is 200 g/mol. The van der Waals surface area contributed by atoms with Crippen molar-refractivity contribution in [1.82, 2.24) is 4.90 Å². The van der Waals surface area contributed by atoms with Gasteiger partial charge in [-0.15, -0.1) is 0 Å². The number of hydrogen-bond acceptors (Lipinski definition) is 3. The Balaban J connectivity index is 1.77. The largest absolute Gasteiger partial charge is 0.330 e. The van der Waals surface area contributed by atoms with Gasteiger partial charge in [0.1, 0.15) is 0 Å². The van der Waals surface area contributed by atoms with Crippen LogP contribution >= 0.6 is 11.8 Å². The van der Waals surface area contributed by atoms with Gasteiger partial charge >= 0.3 is 0 Å². The summed E-state index contributed by atoms with van der Waals surface area (Å²) in [7, 11) is 0. The molecule has 2 nitrogen and oxygen atoms in total. The van der Waals surface area contributed by atoms with E-state index in [0.29, 0.717) is 0 Å². The molecule has 76 valence electrons. The van der Waals surface area contributed by atoms with E-state index in [-0.39, 0.29) is 0 Å². The highest BCUT2D eigenvalue weighted by Crippen LogP contribution is 2.26. The fourth-order valence-corrected chi connectivity index (χ4v) is 3.62. The Morgan fingerprint density at radius 3 is 2.54 bits per heavy atom. The quantitative estimate of drug-likeness (QED) is 0.725. The van der Waals surface area contributed by atoms with E-state index >= 15 is 0 Å². The molecule has 2 aliphatic heterocycles. The molecule has 0 bridgehead atoms. The minimum absolute atomic E-state index is 0.810. The molecular formula is C10H20N2S. The van der Waals surface area contributed by atoms with E-state index in [2.05, 4.69) is 16.7 Å². The number of hydrogen-bond donors (Lipinski definition) is 1. The highest BCUT2D eigenvalue weighted by Gasteiger charge is 2.26. The Morgan fingerprint density at radius 2 is 2.00 bits per heavy atom. The van der Waals surface area contributed by atoms with Crippen LogP contribution in [0.2, 0.25) is 0 Å². The standard InChI is InChI=1S/C10H20N2S/c11-7-9-1-4-12(5-2-9)10-3-6-13-8-10/h9-10H,1-8,11H2/t10-/m1/s1. The van der Waals surface area contributed by atoms with Crippen LogP contribution in [0.25, 0.3) is 0 Å². The molecule has 0 radical (unpaired) electrons. The zero-order valence-corrected chi connectivity index (χ0v) is 9.06. The van der Waals surface area contributed by atoms with Crippen LogP contribution in [0.1, 0.15) is 19.3 Å². The zero-order valence-electron chi connectivity index (χ0n) is 8.24. The van der Waals surface area contributed by atoms with Gasteiger partial charge in [-0.1, -0.05) is 0 Å².